The molecule has 0 aromatic heterocycles. The summed E-state index contributed by atoms with van der Waals surface area (Å²) in [6.07, 6.45) is 0.434. The average Bonchev–Trinajstić information content (AvgIpc) is 2.33. The second-order valence-corrected chi connectivity index (χ2v) is 5.55. The molecule has 0 radical (unpaired) electrons. The van der Waals surface area contributed by atoms with E-state index >= 15 is 0 Å². The van der Waals surface area contributed by atoms with E-state index in [1.807, 2.05) is 13.8 Å². The van der Waals surface area contributed by atoms with Crippen LogP contribution in [0.15, 0.2) is 18.2 Å². The van der Waals surface area contributed by atoms with Crippen LogP contribution in [0.5, 0.6) is 0 Å². The van der Waals surface area contributed by atoms with Crippen LogP contribution in [0.4, 0.5) is 4.39 Å². The number of rotatable bonds is 6. The number of hydrogen-bond donors (Lipinski definition) is 2. The molecule has 3 nitrogen and oxygen atoms in total. The summed E-state index contributed by atoms with van der Waals surface area (Å²) in [5.41, 5.74) is 0.476. The van der Waals surface area contributed by atoms with E-state index in [-0.39, 0.29) is 29.5 Å². The van der Waals surface area contributed by atoms with Crippen LogP contribution in [0, 0.1) is 5.82 Å². The topological polar surface area (TPSA) is 41.1 Å². The third kappa shape index (κ3) is 5.65. The maximum absolute atomic E-state index is 13.0. The van der Waals surface area contributed by atoms with Crippen molar-refractivity contribution in [3.05, 3.63) is 34.6 Å². The van der Waals surface area contributed by atoms with E-state index in [9.17, 15) is 9.18 Å². The van der Waals surface area contributed by atoms with Crippen LogP contribution in [0.2, 0.25) is 5.02 Å². The maximum Gasteiger partial charge on any atom is 0.221 e. The van der Waals surface area contributed by atoms with E-state index in [0.717, 1.165) is 5.56 Å². The van der Waals surface area contributed by atoms with Gasteiger partial charge in [-0.15, -0.1) is 12.4 Å². The van der Waals surface area contributed by atoms with Crippen LogP contribution in [0.25, 0.3) is 0 Å². The minimum Gasteiger partial charge on any atom is -0.355 e. The van der Waals surface area contributed by atoms with Crippen molar-refractivity contribution in [3.8, 4) is 0 Å². The van der Waals surface area contributed by atoms with Gasteiger partial charge in [0, 0.05) is 29.9 Å². The standard InChI is InChI=1S/C14H20ClFN2O.ClH/c1-14(2,9-18-13(19)6-7-17-3)11-5-4-10(16)8-12(11)15;/h4-5,8,17H,6-7,9H2,1-3H3,(H,18,19);1H. The Morgan fingerprint density at radius 3 is 2.60 bits per heavy atom. The molecule has 1 rings (SSSR count). The first-order valence-electron chi connectivity index (χ1n) is 6.23. The van der Waals surface area contributed by atoms with Crippen LogP contribution in [-0.4, -0.2) is 26.0 Å². The molecule has 0 spiro atoms. The van der Waals surface area contributed by atoms with Crippen molar-refractivity contribution in [1.29, 1.82) is 0 Å². The van der Waals surface area contributed by atoms with Gasteiger partial charge in [0.15, 0.2) is 0 Å². The number of nitrogens with one attached hydrogen (secondary N) is 2. The third-order valence-electron chi connectivity index (χ3n) is 2.99. The van der Waals surface area contributed by atoms with Crippen molar-refractivity contribution in [2.75, 3.05) is 20.1 Å². The molecule has 114 valence electrons. The van der Waals surface area contributed by atoms with E-state index in [1.54, 1.807) is 13.1 Å². The molecule has 0 saturated carbocycles. The first kappa shape index (κ1) is 19.2. The van der Waals surface area contributed by atoms with Gasteiger partial charge in [0.1, 0.15) is 5.82 Å². The molecule has 1 aromatic carbocycles. The molecular weight excluding hydrogens is 302 g/mol. The molecule has 0 atom stereocenters. The van der Waals surface area contributed by atoms with Crippen LogP contribution in [0.1, 0.15) is 25.8 Å². The summed E-state index contributed by atoms with van der Waals surface area (Å²) in [6.45, 7) is 5.03. The molecule has 0 aliphatic heterocycles. The summed E-state index contributed by atoms with van der Waals surface area (Å²) < 4.78 is 13.0. The Bertz CT molecular complexity index is 453. The monoisotopic (exact) mass is 322 g/mol. The van der Waals surface area contributed by atoms with Crippen molar-refractivity contribution >= 4 is 29.9 Å². The lowest BCUT2D eigenvalue weighted by molar-refractivity contribution is -0.121. The number of benzene rings is 1. The number of carbonyl (C=O) groups is 1. The highest BCUT2D eigenvalue weighted by Crippen LogP contribution is 2.29. The van der Waals surface area contributed by atoms with Gasteiger partial charge >= 0.3 is 0 Å². The van der Waals surface area contributed by atoms with E-state index in [0.29, 0.717) is 24.5 Å². The third-order valence-corrected chi connectivity index (χ3v) is 3.30. The van der Waals surface area contributed by atoms with E-state index in [2.05, 4.69) is 10.6 Å². The number of hydrogen-bond acceptors (Lipinski definition) is 2. The lowest BCUT2D eigenvalue weighted by atomic mass is 9.84. The minimum absolute atomic E-state index is 0. The van der Waals surface area contributed by atoms with Gasteiger partial charge in [-0.1, -0.05) is 31.5 Å². The van der Waals surface area contributed by atoms with Gasteiger partial charge < -0.3 is 10.6 Å². The van der Waals surface area contributed by atoms with Gasteiger partial charge in [0.25, 0.3) is 0 Å². The molecule has 0 bridgehead atoms. The van der Waals surface area contributed by atoms with Crippen LogP contribution in [-0.2, 0) is 10.2 Å². The molecule has 0 heterocycles. The Morgan fingerprint density at radius 2 is 2.05 bits per heavy atom. The van der Waals surface area contributed by atoms with Gasteiger partial charge in [-0.2, -0.15) is 0 Å². The molecular formula is C14H21Cl2FN2O. The average molecular weight is 323 g/mol. The summed E-state index contributed by atoms with van der Waals surface area (Å²) >= 11 is 6.05. The molecule has 0 aliphatic carbocycles. The molecule has 2 N–H and O–H groups in total. The van der Waals surface area contributed by atoms with Gasteiger partial charge in [-0.25, -0.2) is 4.39 Å². The highest BCUT2D eigenvalue weighted by molar-refractivity contribution is 6.31. The number of carbonyl (C=O) groups excluding carboxylic acids is 1. The molecule has 1 aromatic rings. The molecule has 0 unspecified atom stereocenters. The lowest BCUT2D eigenvalue weighted by Gasteiger charge is -2.26. The van der Waals surface area contributed by atoms with Crippen molar-refractivity contribution < 1.29 is 9.18 Å². The number of amides is 1. The highest BCUT2D eigenvalue weighted by Gasteiger charge is 2.24. The summed E-state index contributed by atoms with van der Waals surface area (Å²) in [5, 5.41) is 6.17. The molecule has 6 heteroatoms. The van der Waals surface area contributed by atoms with E-state index in [4.69, 9.17) is 11.6 Å². The first-order chi connectivity index (χ1) is 8.86. The fraction of sp³-hybridized carbons (Fsp3) is 0.500. The van der Waals surface area contributed by atoms with Crippen LogP contribution in [0.3, 0.4) is 0 Å². The normalized spacial score (nSPS) is 10.8. The predicted molar refractivity (Wildman–Crippen MR) is 83.2 cm³/mol. The zero-order chi connectivity index (χ0) is 14.5. The summed E-state index contributed by atoms with van der Waals surface area (Å²) in [6, 6.07) is 4.34. The Labute approximate surface area is 130 Å². The Morgan fingerprint density at radius 1 is 1.40 bits per heavy atom. The summed E-state index contributed by atoms with van der Waals surface area (Å²) in [4.78, 5) is 11.6. The quantitative estimate of drug-likeness (QED) is 0.845. The SMILES string of the molecule is CNCCC(=O)NCC(C)(C)c1ccc(F)cc1Cl.Cl. The summed E-state index contributed by atoms with van der Waals surface area (Å²) in [7, 11) is 1.80. The van der Waals surface area contributed by atoms with Gasteiger partial charge in [-0.05, 0) is 24.7 Å². The Kier molecular flexibility index (Phi) is 8.09. The Balaban J connectivity index is 0.00000361. The first-order valence-corrected chi connectivity index (χ1v) is 6.61. The highest BCUT2D eigenvalue weighted by atomic mass is 35.5. The van der Waals surface area contributed by atoms with Crippen LogP contribution < -0.4 is 10.6 Å². The van der Waals surface area contributed by atoms with Crippen molar-refractivity contribution in [3.63, 3.8) is 0 Å². The predicted octanol–water partition coefficient (Wildman–Crippen LogP) is 2.90. The minimum atomic E-state index is -0.359. The lowest BCUT2D eigenvalue weighted by Crippen LogP contribution is -2.37. The van der Waals surface area contributed by atoms with Gasteiger partial charge in [0.05, 0.1) is 0 Å². The van der Waals surface area contributed by atoms with Gasteiger partial charge in [-0.3, -0.25) is 4.79 Å². The molecule has 1 amide bonds. The zero-order valence-electron chi connectivity index (χ0n) is 11.9. The smallest absolute Gasteiger partial charge is 0.221 e. The van der Waals surface area contributed by atoms with E-state index < -0.39 is 0 Å². The molecule has 20 heavy (non-hydrogen) atoms. The van der Waals surface area contributed by atoms with E-state index in [1.165, 1.54) is 12.1 Å². The number of halogens is 3. The van der Waals surface area contributed by atoms with Gasteiger partial charge in [0.2, 0.25) is 5.91 Å². The van der Waals surface area contributed by atoms with Crippen molar-refractivity contribution in [2.45, 2.75) is 25.7 Å². The van der Waals surface area contributed by atoms with Crippen molar-refractivity contribution in [1.82, 2.24) is 10.6 Å². The zero-order valence-corrected chi connectivity index (χ0v) is 13.5. The molecule has 0 aliphatic rings. The fourth-order valence-corrected chi connectivity index (χ4v) is 2.20. The largest absolute Gasteiger partial charge is 0.355 e. The maximum atomic E-state index is 13.0. The fourth-order valence-electron chi connectivity index (χ4n) is 1.78. The molecule has 0 fully saturated rings. The van der Waals surface area contributed by atoms with Crippen LogP contribution >= 0.6 is 24.0 Å². The molecule has 0 saturated heterocycles. The summed E-state index contributed by atoms with van der Waals surface area (Å²) in [5.74, 6) is -0.372. The second kappa shape index (κ2) is 8.45. The van der Waals surface area contributed by atoms with Crippen molar-refractivity contribution in [2.24, 2.45) is 0 Å². The Hall–Kier alpha value is -0.840. The second-order valence-electron chi connectivity index (χ2n) is 5.14.